The van der Waals surface area contributed by atoms with E-state index in [1.807, 2.05) is 72.8 Å². The molecule has 29 heavy (non-hydrogen) atoms. The maximum atomic E-state index is 9.73. The number of nitrogens with zero attached hydrogens (tertiary/aromatic N) is 2. The molecule has 4 heteroatoms. The third kappa shape index (κ3) is 4.52. The first-order chi connectivity index (χ1) is 14.2. The zero-order valence-corrected chi connectivity index (χ0v) is 16.3. The molecular formula is C25H20N2O2. The first-order valence-corrected chi connectivity index (χ1v) is 9.07. The molecule has 0 unspecified atom stereocenters. The summed E-state index contributed by atoms with van der Waals surface area (Å²) in [5, 5.41) is 19.4. The molecule has 0 spiro atoms. The van der Waals surface area contributed by atoms with Crippen LogP contribution in [0.3, 0.4) is 0 Å². The van der Waals surface area contributed by atoms with Crippen LogP contribution in [0, 0.1) is 22.7 Å². The van der Waals surface area contributed by atoms with E-state index in [2.05, 4.69) is 12.1 Å². The first-order valence-electron chi connectivity index (χ1n) is 9.07. The summed E-state index contributed by atoms with van der Waals surface area (Å²) in [6.45, 7) is 0.504. The van der Waals surface area contributed by atoms with Crippen molar-refractivity contribution >= 4 is 11.1 Å². The molecule has 0 aliphatic carbocycles. The molecule has 0 saturated carbocycles. The van der Waals surface area contributed by atoms with Gasteiger partial charge in [-0.05, 0) is 39.9 Å². The van der Waals surface area contributed by atoms with Gasteiger partial charge in [-0.2, -0.15) is 10.5 Å². The first kappa shape index (κ1) is 19.9. The molecule has 3 rings (SSSR count). The zero-order valence-electron chi connectivity index (χ0n) is 16.3. The minimum atomic E-state index is 0.355. The molecule has 0 fully saturated rings. The molecule has 0 aliphatic heterocycles. The third-order valence-electron chi connectivity index (χ3n) is 4.62. The van der Waals surface area contributed by atoms with Crippen LogP contribution in [0.5, 0.6) is 5.75 Å². The Labute approximate surface area is 170 Å². The molecule has 0 heterocycles. The van der Waals surface area contributed by atoms with Crippen LogP contribution in [0.25, 0.3) is 22.3 Å². The van der Waals surface area contributed by atoms with Gasteiger partial charge in [0.15, 0.2) is 0 Å². The molecule has 4 nitrogen and oxygen atoms in total. The lowest BCUT2D eigenvalue weighted by atomic mass is 9.94. The summed E-state index contributed by atoms with van der Waals surface area (Å²) in [6, 6.07) is 27.3. The monoisotopic (exact) mass is 380 g/mol. The van der Waals surface area contributed by atoms with E-state index in [4.69, 9.17) is 9.47 Å². The molecule has 3 aromatic rings. The van der Waals surface area contributed by atoms with Crippen LogP contribution in [-0.2, 0) is 11.3 Å². The van der Waals surface area contributed by atoms with Gasteiger partial charge in [-0.15, -0.1) is 0 Å². The van der Waals surface area contributed by atoms with Crippen molar-refractivity contribution in [3.05, 3.63) is 89.5 Å². The molecule has 142 valence electrons. The highest BCUT2D eigenvalue weighted by molar-refractivity contribution is 6.02. The van der Waals surface area contributed by atoms with Crippen molar-refractivity contribution in [2.24, 2.45) is 0 Å². The Morgan fingerprint density at radius 1 is 0.690 bits per heavy atom. The molecule has 0 aliphatic rings. The quantitative estimate of drug-likeness (QED) is 0.420. The summed E-state index contributed by atoms with van der Waals surface area (Å²) in [4.78, 5) is 0. The fraction of sp³-hybridized carbons (Fsp3) is 0.120. The maximum Gasteiger partial charge on any atom is 0.118 e. The van der Waals surface area contributed by atoms with Crippen molar-refractivity contribution < 1.29 is 9.47 Å². The Bertz CT molecular complexity index is 1080. The summed E-state index contributed by atoms with van der Waals surface area (Å²) < 4.78 is 10.3. The van der Waals surface area contributed by atoms with E-state index in [0.717, 1.165) is 22.4 Å². The van der Waals surface area contributed by atoms with Gasteiger partial charge in [-0.3, -0.25) is 0 Å². The summed E-state index contributed by atoms with van der Waals surface area (Å²) in [6.07, 6.45) is 0. The molecule has 0 aromatic heterocycles. The van der Waals surface area contributed by atoms with E-state index in [1.165, 1.54) is 0 Å². The summed E-state index contributed by atoms with van der Waals surface area (Å²) >= 11 is 0. The Balaban J connectivity index is 1.95. The van der Waals surface area contributed by atoms with E-state index in [9.17, 15) is 10.5 Å². The number of methoxy groups -OCH3 is 2. The van der Waals surface area contributed by atoms with Gasteiger partial charge >= 0.3 is 0 Å². The molecule has 3 aromatic carbocycles. The number of benzene rings is 3. The fourth-order valence-corrected chi connectivity index (χ4v) is 3.08. The van der Waals surface area contributed by atoms with Gasteiger partial charge in [0.1, 0.15) is 17.9 Å². The topological polar surface area (TPSA) is 66.0 Å². The fourth-order valence-electron chi connectivity index (χ4n) is 3.08. The van der Waals surface area contributed by atoms with E-state index >= 15 is 0 Å². The maximum absolute atomic E-state index is 9.73. The number of rotatable bonds is 6. The predicted molar refractivity (Wildman–Crippen MR) is 114 cm³/mol. The molecule has 0 amide bonds. The Hall–Kier alpha value is -3.86. The predicted octanol–water partition coefficient (Wildman–Crippen LogP) is 5.47. The smallest absolute Gasteiger partial charge is 0.118 e. The van der Waals surface area contributed by atoms with Crippen molar-refractivity contribution in [3.8, 4) is 29.0 Å². The summed E-state index contributed by atoms with van der Waals surface area (Å²) in [5.74, 6) is 0.801. The molecule has 0 atom stereocenters. The van der Waals surface area contributed by atoms with Gasteiger partial charge in [0.25, 0.3) is 0 Å². The van der Waals surface area contributed by atoms with Crippen LogP contribution in [-0.4, -0.2) is 14.2 Å². The second kappa shape index (κ2) is 9.37. The number of hydrogen-bond acceptors (Lipinski definition) is 4. The van der Waals surface area contributed by atoms with E-state index < -0.39 is 0 Å². The summed E-state index contributed by atoms with van der Waals surface area (Å²) in [7, 11) is 3.27. The molecule has 0 saturated heterocycles. The lowest BCUT2D eigenvalue weighted by Gasteiger charge is -2.08. The Kier molecular flexibility index (Phi) is 6.43. The average Bonchev–Trinajstić information content (AvgIpc) is 2.78. The van der Waals surface area contributed by atoms with Crippen LogP contribution in [0.1, 0.15) is 16.7 Å². The van der Waals surface area contributed by atoms with E-state index in [1.54, 1.807) is 14.2 Å². The van der Waals surface area contributed by atoms with Crippen molar-refractivity contribution in [3.63, 3.8) is 0 Å². The van der Waals surface area contributed by atoms with Gasteiger partial charge in [-0.25, -0.2) is 0 Å². The van der Waals surface area contributed by atoms with Gasteiger partial charge in [0.2, 0.25) is 0 Å². The van der Waals surface area contributed by atoms with Gasteiger partial charge in [0, 0.05) is 7.11 Å². The molecule has 0 N–H and O–H groups in total. The van der Waals surface area contributed by atoms with E-state index in [0.29, 0.717) is 28.9 Å². The third-order valence-corrected chi connectivity index (χ3v) is 4.62. The van der Waals surface area contributed by atoms with Gasteiger partial charge in [-0.1, -0.05) is 60.7 Å². The van der Waals surface area contributed by atoms with Crippen LogP contribution in [0.15, 0.2) is 72.8 Å². The van der Waals surface area contributed by atoms with Crippen molar-refractivity contribution in [2.45, 2.75) is 6.61 Å². The normalized spacial score (nSPS) is 11.2. The lowest BCUT2D eigenvalue weighted by molar-refractivity contribution is 0.185. The minimum Gasteiger partial charge on any atom is -0.497 e. The highest BCUT2D eigenvalue weighted by Crippen LogP contribution is 2.29. The molecular weight excluding hydrogens is 360 g/mol. The Morgan fingerprint density at radius 3 is 1.55 bits per heavy atom. The van der Waals surface area contributed by atoms with Crippen molar-refractivity contribution in [1.82, 2.24) is 0 Å². The van der Waals surface area contributed by atoms with Crippen LogP contribution >= 0.6 is 0 Å². The van der Waals surface area contributed by atoms with Crippen LogP contribution in [0.2, 0.25) is 0 Å². The number of ether oxygens (including phenoxy) is 2. The molecule has 0 radical (unpaired) electrons. The van der Waals surface area contributed by atoms with Crippen molar-refractivity contribution in [1.29, 1.82) is 10.5 Å². The Morgan fingerprint density at radius 2 is 1.14 bits per heavy atom. The SMILES string of the molecule is COCc1ccc(/C(C#N)=C(\C#N)c2ccc(-c3ccc(OC)cc3)cc2)cc1. The molecule has 0 bridgehead atoms. The average molecular weight is 380 g/mol. The number of allylic oxidation sites excluding steroid dienone is 2. The largest absolute Gasteiger partial charge is 0.497 e. The van der Waals surface area contributed by atoms with Gasteiger partial charge in [0.05, 0.1) is 24.9 Å². The highest BCUT2D eigenvalue weighted by atomic mass is 16.5. The number of hydrogen-bond donors (Lipinski definition) is 0. The van der Waals surface area contributed by atoms with E-state index in [-0.39, 0.29) is 0 Å². The van der Waals surface area contributed by atoms with Crippen LogP contribution < -0.4 is 4.74 Å². The second-order valence-electron chi connectivity index (χ2n) is 6.41. The van der Waals surface area contributed by atoms with Crippen molar-refractivity contribution in [2.75, 3.05) is 14.2 Å². The number of nitriles is 2. The van der Waals surface area contributed by atoms with Crippen LogP contribution in [0.4, 0.5) is 0 Å². The lowest BCUT2D eigenvalue weighted by Crippen LogP contribution is -1.92. The zero-order chi connectivity index (χ0) is 20.6. The summed E-state index contributed by atoms with van der Waals surface area (Å²) in [5.41, 5.74) is 5.22. The standard InChI is InChI=1S/C25H20N2O2/c1-28-17-18-3-5-21(6-4-18)24(15-26)25(16-27)22-9-7-19(8-10-22)20-11-13-23(29-2)14-12-20/h3-14H,17H2,1-2H3/b25-24+. The van der Waals surface area contributed by atoms with Gasteiger partial charge < -0.3 is 9.47 Å². The second-order valence-corrected chi connectivity index (χ2v) is 6.41. The minimum absolute atomic E-state index is 0.355. The highest BCUT2D eigenvalue weighted by Gasteiger charge is 2.12.